The van der Waals surface area contributed by atoms with E-state index in [0.717, 1.165) is 18.8 Å². The maximum absolute atomic E-state index is 12.3. The first-order valence-corrected chi connectivity index (χ1v) is 9.15. The van der Waals surface area contributed by atoms with E-state index < -0.39 is 11.8 Å². The van der Waals surface area contributed by atoms with Gasteiger partial charge in [0.15, 0.2) is 5.78 Å². The van der Waals surface area contributed by atoms with E-state index >= 15 is 0 Å². The number of nitrogens with one attached hydrogen (secondary N) is 2. The Bertz CT molecular complexity index is 858. The van der Waals surface area contributed by atoms with Crippen LogP contribution in [-0.4, -0.2) is 43.9 Å². The summed E-state index contributed by atoms with van der Waals surface area (Å²) in [4.78, 5) is 37.9. The van der Waals surface area contributed by atoms with E-state index in [4.69, 9.17) is 4.74 Å². The van der Waals surface area contributed by atoms with E-state index in [2.05, 4.69) is 15.5 Å². The van der Waals surface area contributed by atoms with Crippen LogP contribution in [0.5, 0.6) is 0 Å². The number of Topliss-reactive ketones (excluding diaryl/α,β-unsaturated/α-hetero) is 1. The van der Waals surface area contributed by atoms with Crippen molar-refractivity contribution in [1.29, 1.82) is 0 Å². The lowest BCUT2D eigenvalue weighted by molar-refractivity contribution is -0.123. The zero-order valence-electron chi connectivity index (χ0n) is 15.7. The summed E-state index contributed by atoms with van der Waals surface area (Å²) in [7, 11) is 0. The summed E-state index contributed by atoms with van der Waals surface area (Å²) in [6, 6.07) is 14.1. The maximum Gasteiger partial charge on any atom is 0.233 e. The lowest BCUT2D eigenvalue weighted by Gasteiger charge is -2.30. The van der Waals surface area contributed by atoms with Gasteiger partial charge in [0.1, 0.15) is 6.42 Å². The minimum Gasteiger partial charge on any atom is -0.378 e. The number of amides is 2. The van der Waals surface area contributed by atoms with Crippen molar-refractivity contribution in [3.63, 3.8) is 0 Å². The molecule has 1 saturated heterocycles. The van der Waals surface area contributed by atoms with E-state index in [1.165, 1.54) is 6.92 Å². The highest BCUT2D eigenvalue weighted by Crippen LogP contribution is 2.26. The van der Waals surface area contributed by atoms with E-state index in [1.807, 2.05) is 24.3 Å². The van der Waals surface area contributed by atoms with Crippen LogP contribution in [-0.2, 0) is 14.3 Å². The van der Waals surface area contributed by atoms with Crippen LogP contribution < -0.4 is 15.5 Å². The summed E-state index contributed by atoms with van der Waals surface area (Å²) in [5.74, 6) is -0.855. The minimum absolute atomic E-state index is 0.0452. The number of ether oxygens (including phenoxy) is 1. The third-order valence-corrected chi connectivity index (χ3v) is 4.43. The van der Waals surface area contributed by atoms with Crippen LogP contribution in [0.4, 0.5) is 17.1 Å². The molecule has 7 nitrogen and oxygen atoms in total. The molecule has 146 valence electrons. The quantitative estimate of drug-likeness (QED) is 0.593. The van der Waals surface area contributed by atoms with Gasteiger partial charge >= 0.3 is 0 Å². The maximum atomic E-state index is 12.3. The average Bonchev–Trinajstić information content (AvgIpc) is 2.69. The Morgan fingerprint density at radius 1 is 0.929 bits per heavy atom. The van der Waals surface area contributed by atoms with Crippen LogP contribution in [0, 0.1) is 0 Å². The molecule has 7 heteroatoms. The lowest BCUT2D eigenvalue weighted by atomic mass is 10.1. The number of hydrogen-bond donors (Lipinski definition) is 2. The van der Waals surface area contributed by atoms with Crippen molar-refractivity contribution in [2.75, 3.05) is 41.8 Å². The molecule has 2 amide bonds. The molecular formula is C21H23N3O4. The largest absolute Gasteiger partial charge is 0.378 e. The number of ketones is 1. The smallest absolute Gasteiger partial charge is 0.233 e. The number of hydrogen-bond acceptors (Lipinski definition) is 5. The Morgan fingerprint density at radius 3 is 2.25 bits per heavy atom. The number of rotatable bonds is 6. The Labute approximate surface area is 163 Å². The Hall–Kier alpha value is -3.19. The zero-order valence-corrected chi connectivity index (χ0v) is 15.7. The van der Waals surface area contributed by atoms with Gasteiger partial charge in [-0.1, -0.05) is 12.1 Å². The summed E-state index contributed by atoms with van der Waals surface area (Å²) in [6.45, 7) is 4.28. The van der Waals surface area contributed by atoms with Crippen LogP contribution >= 0.6 is 0 Å². The van der Waals surface area contributed by atoms with Gasteiger partial charge < -0.3 is 20.3 Å². The summed E-state index contributed by atoms with van der Waals surface area (Å²) in [6.07, 6.45) is -0.300. The number of nitrogens with zero attached hydrogens (tertiary/aromatic N) is 1. The molecule has 0 atom stereocenters. The minimum atomic E-state index is -0.420. The van der Waals surface area contributed by atoms with Crippen molar-refractivity contribution in [2.45, 2.75) is 13.3 Å². The fraction of sp³-hybridized carbons (Fsp3) is 0.286. The molecule has 2 N–H and O–H groups in total. The number of para-hydroxylation sites is 2. The highest BCUT2D eigenvalue weighted by molar-refractivity contribution is 6.09. The van der Waals surface area contributed by atoms with Gasteiger partial charge in [0.05, 0.1) is 24.6 Å². The van der Waals surface area contributed by atoms with Crippen molar-refractivity contribution in [3.05, 3.63) is 54.1 Å². The second-order valence-electron chi connectivity index (χ2n) is 6.52. The topological polar surface area (TPSA) is 87.7 Å². The third kappa shape index (κ3) is 5.17. The van der Waals surface area contributed by atoms with Crippen LogP contribution in [0.3, 0.4) is 0 Å². The van der Waals surface area contributed by atoms with E-state index in [1.54, 1.807) is 24.3 Å². The molecule has 0 spiro atoms. The molecule has 0 aliphatic carbocycles. The summed E-state index contributed by atoms with van der Waals surface area (Å²) in [5, 5.41) is 5.49. The predicted molar refractivity (Wildman–Crippen MR) is 108 cm³/mol. The molecule has 28 heavy (non-hydrogen) atoms. The summed E-state index contributed by atoms with van der Waals surface area (Å²) >= 11 is 0. The molecule has 3 rings (SSSR count). The normalized spacial score (nSPS) is 13.7. The SMILES string of the molecule is CC(=O)c1ccc(NC(=O)CC(=O)Nc2ccccc2N2CCOCC2)cc1. The fourth-order valence-electron chi connectivity index (χ4n) is 2.99. The zero-order chi connectivity index (χ0) is 19.9. The van der Waals surface area contributed by atoms with Gasteiger partial charge in [0.25, 0.3) is 0 Å². The molecule has 0 bridgehead atoms. The van der Waals surface area contributed by atoms with Crippen LogP contribution in [0.25, 0.3) is 0 Å². The van der Waals surface area contributed by atoms with Gasteiger partial charge in [-0.15, -0.1) is 0 Å². The highest BCUT2D eigenvalue weighted by atomic mass is 16.5. The van der Waals surface area contributed by atoms with Gasteiger partial charge in [-0.05, 0) is 43.3 Å². The molecule has 1 aliphatic heterocycles. The van der Waals surface area contributed by atoms with E-state index in [0.29, 0.717) is 30.2 Å². The van der Waals surface area contributed by atoms with Gasteiger partial charge in [-0.25, -0.2) is 0 Å². The fourth-order valence-corrected chi connectivity index (χ4v) is 2.99. The van der Waals surface area contributed by atoms with Crippen molar-refractivity contribution in [2.24, 2.45) is 0 Å². The van der Waals surface area contributed by atoms with E-state index in [-0.39, 0.29) is 12.2 Å². The second-order valence-corrected chi connectivity index (χ2v) is 6.52. The third-order valence-electron chi connectivity index (χ3n) is 4.43. The van der Waals surface area contributed by atoms with Crippen LogP contribution in [0.15, 0.2) is 48.5 Å². The molecule has 1 heterocycles. The molecule has 1 fully saturated rings. The number of anilines is 3. The molecular weight excluding hydrogens is 358 g/mol. The monoisotopic (exact) mass is 381 g/mol. The van der Waals surface area contributed by atoms with Crippen LogP contribution in [0.1, 0.15) is 23.7 Å². The van der Waals surface area contributed by atoms with E-state index in [9.17, 15) is 14.4 Å². The van der Waals surface area contributed by atoms with Crippen molar-refractivity contribution in [3.8, 4) is 0 Å². The lowest BCUT2D eigenvalue weighted by Crippen LogP contribution is -2.36. The van der Waals surface area contributed by atoms with Gasteiger partial charge in [-0.3, -0.25) is 14.4 Å². The summed E-state index contributed by atoms with van der Waals surface area (Å²) < 4.78 is 5.37. The van der Waals surface area contributed by atoms with Gasteiger partial charge in [0, 0.05) is 24.3 Å². The Balaban J connectivity index is 1.58. The average molecular weight is 381 g/mol. The highest BCUT2D eigenvalue weighted by Gasteiger charge is 2.17. The first kappa shape index (κ1) is 19.6. The standard InChI is InChI=1S/C21H23N3O4/c1-15(25)16-6-8-17(9-7-16)22-20(26)14-21(27)23-18-4-2-3-5-19(18)24-10-12-28-13-11-24/h2-9H,10-14H2,1H3,(H,22,26)(H,23,27). The van der Waals surface area contributed by atoms with Crippen molar-refractivity contribution in [1.82, 2.24) is 0 Å². The molecule has 0 aromatic heterocycles. The number of carbonyl (C=O) groups excluding carboxylic acids is 3. The summed E-state index contributed by atoms with van der Waals surface area (Å²) in [5.41, 5.74) is 2.69. The Kier molecular flexibility index (Phi) is 6.39. The molecule has 2 aromatic carbocycles. The Morgan fingerprint density at radius 2 is 1.57 bits per heavy atom. The number of morpholine rings is 1. The van der Waals surface area contributed by atoms with Crippen LogP contribution in [0.2, 0.25) is 0 Å². The first-order chi connectivity index (χ1) is 13.5. The molecule has 0 radical (unpaired) electrons. The molecule has 0 saturated carbocycles. The van der Waals surface area contributed by atoms with Crippen molar-refractivity contribution >= 4 is 34.7 Å². The predicted octanol–water partition coefficient (Wildman–Crippen LogP) is 2.69. The van der Waals surface area contributed by atoms with Gasteiger partial charge in [-0.2, -0.15) is 0 Å². The van der Waals surface area contributed by atoms with Gasteiger partial charge in [0.2, 0.25) is 11.8 Å². The first-order valence-electron chi connectivity index (χ1n) is 9.15. The number of carbonyl (C=O) groups is 3. The molecule has 0 unspecified atom stereocenters. The number of benzene rings is 2. The second kappa shape index (κ2) is 9.14. The molecule has 1 aliphatic rings. The molecule has 2 aromatic rings. The van der Waals surface area contributed by atoms with Crippen molar-refractivity contribution < 1.29 is 19.1 Å².